The second-order valence-electron chi connectivity index (χ2n) is 3.21. The normalized spacial score (nSPS) is 26.5. The number of aliphatic hydroxyl groups is 1. The SMILES string of the molecule is CC1CC1CNC(=O)OCCO. The van der Waals surface area contributed by atoms with Gasteiger partial charge in [0.2, 0.25) is 0 Å². The molecule has 0 aromatic rings. The minimum Gasteiger partial charge on any atom is -0.447 e. The van der Waals surface area contributed by atoms with Crippen molar-refractivity contribution >= 4 is 6.09 Å². The van der Waals surface area contributed by atoms with Crippen LogP contribution in [0, 0.1) is 11.8 Å². The minimum absolute atomic E-state index is 0.0754. The Morgan fingerprint density at radius 3 is 2.92 bits per heavy atom. The van der Waals surface area contributed by atoms with Gasteiger partial charge < -0.3 is 15.2 Å². The predicted molar refractivity (Wildman–Crippen MR) is 43.7 cm³/mol. The summed E-state index contributed by atoms with van der Waals surface area (Å²) in [6.45, 7) is 2.82. The van der Waals surface area contributed by atoms with Crippen molar-refractivity contribution in [2.24, 2.45) is 11.8 Å². The van der Waals surface area contributed by atoms with Gasteiger partial charge in [0.25, 0.3) is 0 Å². The summed E-state index contributed by atoms with van der Waals surface area (Å²) in [5, 5.41) is 11.0. The molecule has 1 amide bonds. The Morgan fingerprint density at radius 2 is 2.42 bits per heavy atom. The van der Waals surface area contributed by atoms with Gasteiger partial charge in [-0.05, 0) is 18.3 Å². The first-order valence-corrected chi connectivity index (χ1v) is 4.25. The van der Waals surface area contributed by atoms with Crippen LogP contribution in [0.2, 0.25) is 0 Å². The van der Waals surface area contributed by atoms with Crippen LogP contribution >= 0.6 is 0 Å². The van der Waals surface area contributed by atoms with Gasteiger partial charge in [0.05, 0.1) is 6.61 Å². The summed E-state index contributed by atoms with van der Waals surface area (Å²) in [6, 6.07) is 0. The molecule has 4 nitrogen and oxygen atoms in total. The van der Waals surface area contributed by atoms with E-state index in [9.17, 15) is 4.79 Å². The van der Waals surface area contributed by atoms with Gasteiger partial charge in [0, 0.05) is 6.54 Å². The van der Waals surface area contributed by atoms with Crippen molar-refractivity contribution in [1.82, 2.24) is 5.32 Å². The maximum Gasteiger partial charge on any atom is 0.407 e. The molecule has 0 spiro atoms. The maximum atomic E-state index is 10.8. The van der Waals surface area contributed by atoms with Gasteiger partial charge in [-0.1, -0.05) is 6.92 Å². The summed E-state index contributed by atoms with van der Waals surface area (Å²) in [7, 11) is 0. The molecule has 1 fully saturated rings. The Morgan fingerprint density at radius 1 is 1.75 bits per heavy atom. The van der Waals surface area contributed by atoms with Crippen molar-refractivity contribution in [2.45, 2.75) is 13.3 Å². The molecule has 0 radical (unpaired) electrons. The van der Waals surface area contributed by atoms with Crippen molar-refractivity contribution in [2.75, 3.05) is 19.8 Å². The summed E-state index contributed by atoms with van der Waals surface area (Å²) in [5.41, 5.74) is 0. The Balaban J connectivity index is 1.95. The van der Waals surface area contributed by atoms with Gasteiger partial charge in [0.15, 0.2) is 0 Å². The van der Waals surface area contributed by atoms with Crippen LogP contribution in [0.5, 0.6) is 0 Å². The first kappa shape index (κ1) is 9.32. The number of hydrogen-bond donors (Lipinski definition) is 2. The van der Waals surface area contributed by atoms with E-state index in [-0.39, 0.29) is 13.2 Å². The molecule has 0 aliphatic heterocycles. The standard InChI is InChI=1S/C8H15NO3/c1-6-4-7(6)5-9-8(11)12-3-2-10/h6-7,10H,2-5H2,1H3,(H,9,11). The summed E-state index contributed by atoms with van der Waals surface area (Å²) in [4.78, 5) is 10.8. The fourth-order valence-corrected chi connectivity index (χ4v) is 1.09. The Kier molecular flexibility index (Phi) is 3.34. The zero-order chi connectivity index (χ0) is 8.97. The molecule has 1 saturated carbocycles. The lowest BCUT2D eigenvalue weighted by Crippen LogP contribution is -2.27. The van der Waals surface area contributed by atoms with E-state index in [1.54, 1.807) is 0 Å². The Bertz CT molecular complexity index is 160. The molecule has 2 atom stereocenters. The zero-order valence-corrected chi connectivity index (χ0v) is 7.25. The molecule has 70 valence electrons. The van der Waals surface area contributed by atoms with Gasteiger partial charge in [-0.15, -0.1) is 0 Å². The number of nitrogens with one attached hydrogen (secondary N) is 1. The second kappa shape index (κ2) is 4.30. The van der Waals surface area contributed by atoms with E-state index >= 15 is 0 Å². The lowest BCUT2D eigenvalue weighted by molar-refractivity contribution is 0.119. The van der Waals surface area contributed by atoms with Crippen LogP contribution < -0.4 is 5.32 Å². The minimum atomic E-state index is -0.428. The average molecular weight is 173 g/mol. The summed E-state index contributed by atoms with van der Waals surface area (Å²) >= 11 is 0. The fraction of sp³-hybridized carbons (Fsp3) is 0.875. The summed E-state index contributed by atoms with van der Waals surface area (Å²) < 4.78 is 4.60. The second-order valence-corrected chi connectivity index (χ2v) is 3.21. The van der Waals surface area contributed by atoms with E-state index in [4.69, 9.17) is 5.11 Å². The van der Waals surface area contributed by atoms with Crippen molar-refractivity contribution in [1.29, 1.82) is 0 Å². The lowest BCUT2D eigenvalue weighted by Gasteiger charge is -2.04. The van der Waals surface area contributed by atoms with Crippen molar-refractivity contribution < 1.29 is 14.6 Å². The third kappa shape index (κ3) is 3.09. The number of ether oxygens (including phenoxy) is 1. The third-order valence-electron chi connectivity index (χ3n) is 2.11. The molecule has 0 bridgehead atoms. The van der Waals surface area contributed by atoms with Crippen LogP contribution in [0.1, 0.15) is 13.3 Å². The number of alkyl carbamates (subject to hydrolysis) is 1. The van der Waals surface area contributed by atoms with E-state index in [2.05, 4.69) is 17.0 Å². The van der Waals surface area contributed by atoms with Crippen molar-refractivity contribution in [3.8, 4) is 0 Å². The van der Waals surface area contributed by atoms with Gasteiger partial charge >= 0.3 is 6.09 Å². The number of carbonyl (C=O) groups is 1. The number of amides is 1. The highest BCUT2D eigenvalue weighted by Gasteiger charge is 2.32. The maximum absolute atomic E-state index is 10.8. The van der Waals surface area contributed by atoms with Crippen LogP contribution in [0.4, 0.5) is 4.79 Å². The smallest absolute Gasteiger partial charge is 0.407 e. The molecule has 0 aromatic heterocycles. The molecule has 0 aromatic carbocycles. The fourth-order valence-electron chi connectivity index (χ4n) is 1.09. The van der Waals surface area contributed by atoms with Gasteiger partial charge in [-0.25, -0.2) is 4.79 Å². The summed E-state index contributed by atoms with van der Waals surface area (Å²) in [6.07, 6.45) is 0.767. The molecule has 4 heteroatoms. The van der Waals surface area contributed by atoms with E-state index in [0.717, 1.165) is 5.92 Å². The quantitative estimate of drug-likeness (QED) is 0.645. The van der Waals surface area contributed by atoms with Crippen molar-refractivity contribution in [3.05, 3.63) is 0 Å². The summed E-state index contributed by atoms with van der Waals surface area (Å²) in [5.74, 6) is 1.37. The molecule has 12 heavy (non-hydrogen) atoms. The van der Waals surface area contributed by atoms with Crippen LogP contribution in [0.15, 0.2) is 0 Å². The number of rotatable bonds is 4. The molecule has 0 saturated heterocycles. The van der Waals surface area contributed by atoms with Gasteiger partial charge in [-0.3, -0.25) is 0 Å². The highest BCUT2D eigenvalue weighted by molar-refractivity contribution is 5.67. The monoisotopic (exact) mass is 173 g/mol. The van der Waals surface area contributed by atoms with Crippen LogP contribution in [0.25, 0.3) is 0 Å². The zero-order valence-electron chi connectivity index (χ0n) is 7.25. The van der Waals surface area contributed by atoms with Crippen LogP contribution in [0.3, 0.4) is 0 Å². The Hall–Kier alpha value is -0.770. The Labute approximate surface area is 71.9 Å². The first-order chi connectivity index (χ1) is 5.74. The third-order valence-corrected chi connectivity index (χ3v) is 2.11. The molecule has 2 N–H and O–H groups in total. The largest absolute Gasteiger partial charge is 0.447 e. The number of carbonyl (C=O) groups excluding carboxylic acids is 1. The van der Waals surface area contributed by atoms with Crippen LogP contribution in [-0.2, 0) is 4.74 Å². The molecule has 1 aliphatic rings. The van der Waals surface area contributed by atoms with E-state index in [1.807, 2.05) is 0 Å². The molecule has 2 unspecified atom stereocenters. The molecule has 1 rings (SSSR count). The highest BCUT2D eigenvalue weighted by atomic mass is 16.6. The van der Waals surface area contributed by atoms with E-state index < -0.39 is 6.09 Å². The van der Waals surface area contributed by atoms with E-state index in [1.165, 1.54) is 6.42 Å². The molecule has 1 aliphatic carbocycles. The lowest BCUT2D eigenvalue weighted by atomic mass is 10.3. The van der Waals surface area contributed by atoms with Gasteiger partial charge in [-0.2, -0.15) is 0 Å². The molecule has 0 heterocycles. The highest BCUT2D eigenvalue weighted by Crippen LogP contribution is 2.36. The first-order valence-electron chi connectivity index (χ1n) is 4.25. The predicted octanol–water partition coefficient (Wildman–Crippen LogP) is 0.361. The number of aliphatic hydroxyl groups excluding tert-OH is 1. The van der Waals surface area contributed by atoms with Crippen LogP contribution in [-0.4, -0.2) is 31.0 Å². The van der Waals surface area contributed by atoms with Gasteiger partial charge in [0.1, 0.15) is 6.61 Å². The average Bonchev–Trinajstić information content (AvgIpc) is 2.75. The topological polar surface area (TPSA) is 58.6 Å². The molecular formula is C8H15NO3. The molecular weight excluding hydrogens is 158 g/mol. The van der Waals surface area contributed by atoms with E-state index in [0.29, 0.717) is 12.5 Å². The van der Waals surface area contributed by atoms with Crippen molar-refractivity contribution in [3.63, 3.8) is 0 Å². The number of hydrogen-bond acceptors (Lipinski definition) is 3.